The Morgan fingerprint density at radius 1 is 0.586 bits per heavy atom. The molecule has 0 atom stereocenters. The standard InChI is InChI=1S/C28H29Cl/c1-5-27(6-2)21-13-10-9-12-18(21)19-16-24-20(17-23(19)27)26-22(14-11-15-25(26)29)28(24,7-3)8-4/h9-17H,5-8H2,1-4H3. The minimum Gasteiger partial charge on any atom is -0.0837 e. The van der Waals surface area contributed by atoms with E-state index in [0.717, 1.165) is 30.7 Å². The van der Waals surface area contributed by atoms with Gasteiger partial charge in [0.1, 0.15) is 0 Å². The van der Waals surface area contributed by atoms with Crippen LogP contribution in [0.15, 0.2) is 54.6 Å². The second-order valence-electron chi connectivity index (χ2n) is 8.73. The molecule has 0 heterocycles. The maximum absolute atomic E-state index is 6.82. The molecule has 0 unspecified atom stereocenters. The van der Waals surface area contributed by atoms with Crippen LogP contribution in [0.1, 0.15) is 75.6 Å². The molecule has 2 aliphatic rings. The number of benzene rings is 3. The van der Waals surface area contributed by atoms with Gasteiger partial charge in [-0.15, -0.1) is 0 Å². The van der Waals surface area contributed by atoms with E-state index in [1.165, 1.54) is 44.5 Å². The van der Waals surface area contributed by atoms with E-state index < -0.39 is 0 Å². The van der Waals surface area contributed by atoms with Gasteiger partial charge < -0.3 is 0 Å². The number of hydrogen-bond acceptors (Lipinski definition) is 0. The van der Waals surface area contributed by atoms with Crippen molar-refractivity contribution in [2.75, 3.05) is 0 Å². The van der Waals surface area contributed by atoms with E-state index in [-0.39, 0.29) is 10.8 Å². The molecule has 0 aliphatic heterocycles. The van der Waals surface area contributed by atoms with Crippen LogP contribution in [0.5, 0.6) is 0 Å². The summed E-state index contributed by atoms with van der Waals surface area (Å²) in [6.45, 7) is 9.33. The smallest absolute Gasteiger partial charge is 0.0487 e. The number of hydrogen-bond donors (Lipinski definition) is 0. The summed E-state index contributed by atoms with van der Waals surface area (Å²) in [7, 11) is 0. The van der Waals surface area contributed by atoms with Crippen molar-refractivity contribution in [2.24, 2.45) is 0 Å². The van der Waals surface area contributed by atoms with E-state index in [9.17, 15) is 0 Å². The van der Waals surface area contributed by atoms with E-state index in [4.69, 9.17) is 11.6 Å². The van der Waals surface area contributed by atoms with Gasteiger partial charge in [0.25, 0.3) is 0 Å². The SMILES string of the molecule is CCC1(CC)c2ccccc2-c2cc3c(cc21)-c1c(Cl)cccc1C3(CC)CC. The third-order valence-electron chi connectivity index (χ3n) is 8.13. The summed E-state index contributed by atoms with van der Waals surface area (Å²) in [6.07, 6.45) is 4.43. The molecule has 3 aromatic carbocycles. The quantitative estimate of drug-likeness (QED) is 0.411. The first kappa shape index (κ1) is 18.9. The zero-order valence-corrected chi connectivity index (χ0v) is 18.7. The molecule has 148 valence electrons. The highest BCUT2D eigenvalue weighted by molar-refractivity contribution is 6.34. The fourth-order valence-corrected chi connectivity index (χ4v) is 6.74. The summed E-state index contributed by atoms with van der Waals surface area (Å²) < 4.78 is 0. The summed E-state index contributed by atoms with van der Waals surface area (Å²) >= 11 is 6.82. The van der Waals surface area contributed by atoms with E-state index in [2.05, 4.69) is 82.3 Å². The van der Waals surface area contributed by atoms with Crippen LogP contribution >= 0.6 is 11.6 Å². The van der Waals surface area contributed by atoms with Crippen LogP contribution in [-0.2, 0) is 10.8 Å². The van der Waals surface area contributed by atoms with Gasteiger partial charge in [0.2, 0.25) is 0 Å². The molecule has 0 saturated carbocycles. The van der Waals surface area contributed by atoms with Crippen LogP contribution in [0, 0.1) is 0 Å². The van der Waals surface area contributed by atoms with Gasteiger partial charge in [-0.3, -0.25) is 0 Å². The second kappa shape index (κ2) is 6.47. The highest BCUT2D eigenvalue weighted by atomic mass is 35.5. The fraction of sp³-hybridized carbons (Fsp3) is 0.357. The Bertz CT molecular complexity index is 1110. The predicted molar refractivity (Wildman–Crippen MR) is 125 cm³/mol. The Balaban J connectivity index is 1.90. The fourth-order valence-electron chi connectivity index (χ4n) is 6.47. The summed E-state index contributed by atoms with van der Waals surface area (Å²) in [5.41, 5.74) is 11.6. The average molecular weight is 401 g/mol. The Labute approximate surface area is 179 Å². The first-order valence-corrected chi connectivity index (χ1v) is 11.5. The molecular weight excluding hydrogens is 372 g/mol. The predicted octanol–water partition coefficient (Wildman–Crippen LogP) is 8.51. The molecule has 0 radical (unpaired) electrons. The minimum absolute atomic E-state index is 0.0587. The largest absolute Gasteiger partial charge is 0.0837 e. The summed E-state index contributed by atoms with van der Waals surface area (Å²) in [4.78, 5) is 0. The molecule has 2 aliphatic carbocycles. The topological polar surface area (TPSA) is 0 Å². The van der Waals surface area contributed by atoms with E-state index in [1.807, 2.05) is 0 Å². The lowest BCUT2D eigenvalue weighted by Crippen LogP contribution is -2.24. The van der Waals surface area contributed by atoms with Crippen molar-refractivity contribution in [3.05, 3.63) is 81.9 Å². The number of rotatable bonds is 4. The lowest BCUT2D eigenvalue weighted by molar-refractivity contribution is 0.485. The molecule has 0 aromatic heterocycles. The van der Waals surface area contributed by atoms with Gasteiger partial charge >= 0.3 is 0 Å². The molecule has 3 aromatic rings. The van der Waals surface area contributed by atoms with Crippen molar-refractivity contribution >= 4 is 11.6 Å². The zero-order chi connectivity index (χ0) is 20.4. The van der Waals surface area contributed by atoms with Gasteiger partial charge in [0.15, 0.2) is 0 Å². The monoisotopic (exact) mass is 400 g/mol. The van der Waals surface area contributed by atoms with Crippen molar-refractivity contribution in [3.63, 3.8) is 0 Å². The molecule has 0 saturated heterocycles. The first-order chi connectivity index (χ1) is 14.1. The Kier molecular flexibility index (Phi) is 4.23. The number of fused-ring (bicyclic) bond motifs is 6. The van der Waals surface area contributed by atoms with E-state index in [0.29, 0.717) is 0 Å². The van der Waals surface area contributed by atoms with E-state index >= 15 is 0 Å². The van der Waals surface area contributed by atoms with Crippen LogP contribution in [-0.4, -0.2) is 0 Å². The highest BCUT2D eigenvalue weighted by Crippen LogP contribution is 2.60. The molecule has 5 rings (SSSR count). The van der Waals surface area contributed by atoms with Gasteiger partial charge in [-0.05, 0) is 82.8 Å². The molecule has 0 bridgehead atoms. The Morgan fingerprint density at radius 3 is 1.83 bits per heavy atom. The van der Waals surface area contributed by atoms with Crippen molar-refractivity contribution < 1.29 is 0 Å². The highest BCUT2D eigenvalue weighted by Gasteiger charge is 2.46. The van der Waals surface area contributed by atoms with E-state index in [1.54, 1.807) is 0 Å². The summed E-state index contributed by atoms with van der Waals surface area (Å²) in [5, 5.41) is 0.890. The van der Waals surface area contributed by atoms with Crippen molar-refractivity contribution in [1.29, 1.82) is 0 Å². The maximum Gasteiger partial charge on any atom is 0.0487 e. The summed E-state index contributed by atoms with van der Waals surface area (Å²) in [5.74, 6) is 0. The molecule has 0 nitrogen and oxygen atoms in total. The molecule has 0 amide bonds. The van der Waals surface area contributed by atoms with Crippen LogP contribution in [0.2, 0.25) is 5.02 Å². The molecule has 1 heteroatoms. The molecule has 0 spiro atoms. The normalized spacial score (nSPS) is 16.9. The van der Waals surface area contributed by atoms with Gasteiger partial charge in [-0.25, -0.2) is 0 Å². The van der Waals surface area contributed by atoms with Crippen LogP contribution in [0.3, 0.4) is 0 Å². The van der Waals surface area contributed by atoms with Gasteiger partial charge in [0, 0.05) is 21.4 Å². The van der Waals surface area contributed by atoms with Gasteiger partial charge in [-0.1, -0.05) is 75.7 Å². The Morgan fingerprint density at radius 2 is 1.14 bits per heavy atom. The average Bonchev–Trinajstić information content (AvgIpc) is 3.20. The lowest BCUT2D eigenvalue weighted by Gasteiger charge is -2.31. The zero-order valence-electron chi connectivity index (χ0n) is 17.9. The maximum atomic E-state index is 6.82. The molecule has 29 heavy (non-hydrogen) atoms. The van der Waals surface area contributed by atoms with Crippen molar-refractivity contribution in [2.45, 2.75) is 64.2 Å². The second-order valence-corrected chi connectivity index (χ2v) is 9.14. The number of halogens is 1. The van der Waals surface area contributed by atoms with Gasteiger partial charge in [-0.2, -0.15) is 0 Å². The van der Waals surface area contributed by atoms with Crippen LogP contribution < -0.4 is 0 Å². The van der Waals surface area contributed by atoms with Crippen LogP contribution in [0.4, 0.5) is 0 Å². The van der Waals surface area contributed by atoms with Crippen molar-refractivity contribution in [3.8, 4) is 22.3 Å². The minimum atomic E-state index is 0.0587. The van der Waals surface area contributed by atoms with Gasteiger partial charge in [0.05, 0.1) is 0 Å². The van der Waals surface area contributed by atoms with Crippen molar-refractivity contribution in [1.82, 2.24) is 0 Å². The third kappa shape index (κ3) is 2.16. The lowest BCUT2D eigenvalue weighted by atomic mass is 9.71. The first-order valence-electron chi connectivity index (χ1n) is 11.2. The molecule has 0 N–H and O–H groups in total. The van der Waals surface area contributed by atoms with Crippen LogP contribution in [0.25, 0.3) is 22.3 Å². The molecular formula is C28H29Cl. The molecule has 0 fully saturated rings. The third-order valence-corrected chi connectivity index (χ3v) is 8.45. The summed E-state index contributed by atoms with van der Waals surface area (Å²) in [6, 6.07) is 20.6. The Hall–Kier alpha value is -2.05.